The smallest absolute Gasteiger partial charge is 0.305 e. The van der Waals surface area contributed by atoms with E-state index in [-0.39, 0.29) is 40.7 Å². The first-order chi connectivity index (χ1) is 14.1. The van der Waals surface area contributed by atoms with Crippen LogP contribution in [0, 0.1) is 46.3 Å². The van der Waals surface area contributed by atoms with E-state index < -0.39 is 6.10 Å². The second-order valence-corrected chi connectivity index (χ2v) is 11.4. The van der Waals surface area contributed by atoms with Crippen molar-refractivity contribution in [1.29, 1.82) is 0 Å². The zero-order chi connectivity index (χ0) is 21.8. The number of aliphatic hydroxyl groups is 2. The van der Waals surface area contributed by atoms with Gasteiger partial charge in [0.2, 0.25) is 0 Å². The molecular weight excluding hydrogens is 380 g/mol. The minimum absolute atomic E-state index is 0.0503. The van der Waals surface area contributed by atoms with Gasteiger partial charge in [-0.2, -0.15) is 0 Å². The molecule has 0 saturated heterocycles. The first kappa shape index (κ1) is 22.3. The molecule has 4 saturated carbocycles. The van der Waals surface area contributed by atoms with Crippen LogP contribution in [0.25, 0.3) is 0 Å². The highest BCUT2D eigenvalue weighted by Crippen LogP contribution is 2.68. The average molecular weight is 421 g/mol. The third-order valence-corrected chi connectivity index (χ3v) is 10.4. The van der Waals surface area contributed by atoms with E-state index in [0.717, 1.165) is 38.5 Å². The summed E-state index contributed by atoms with van der Waals surface area (Å²) in [6, 6.07) is 0. The van der Waals surface area contributed by atoms with Crippen molar-refractivity contribution in [3.63, 3.8) is 0 Å². The van der Waals surface area contributed by atoms with Gasteiger partial charge in [0.05, 0.1) is 19.3 Å². The fourth-order valence-corrected chi connectivity index (χ4v) is 8.59. The molecule has 0 aromatic rings. The Bertz CT molecular complexity index is 691. The Morgan fingerprint density at radius 1 is 1.20 bits per heavy atom. The van der Waals surface area contributed by atoms with Gasteiger partial charge in [0, 0.05) is 19.3 Å². The van der Waals surface area contributed by atoms with Gasteiger partial charge in [-0.15, -0.1) is 0 Å². The first-order valence-corrected chi connectivity index (χ1v) is 12.1. The highest BCUT2D eigenvalue weighted by Gasteiger charge is 2.65. The van der Waals surface area contributed by atoms with E-state index in [2.05, 4.69) is 20.8 Å². The molecule has 0 aromatic carbocycles. The summed E-state index contributed by atoms with van der Waals surface area (Å²) in [5.74, 6) is 1.92. The summed E-state index contributed by atoms with van der Waals surface area (Å²) in [5, 5.41) is 22.8. The molecule has 0 radical (unpaired) electrons. The number of Topliss-reactive ketones (excluding diaryl/α,β-unsaturated/α-hetero) is 1. The third-order valence-electron chi connectivity index (χ3n) is 10.4. The highest BCUT2D eigenvalue weighted by molar-refractivity contribution is 5.79. The largest absolute Gasteiger partial charge is 0.469 e. The molecular formula is C25H40O5. The van der Waals surface area contributed by atoms with Gasteiger partial charge in [0.1, 0.15) is 5.78 Å². The summed E-state index contributed by atoms with van der Waals surface area (Å²) in [6.07, 6.45) is 6.15. The van der Waals surface area contributed by atoms with E-state index in [0.29, 0.717) is 42.8 Å². The molecule has 0 aliphatic heterocycles. The van der Waals surface area contributed by atoms with Gasteiger partial charge in [-0.3, -0.25) is 9.59 Å². The SMILES string of the molecule is COC(=O)CC[C@H](C)[C@@H]1CCC2[C@H]3[C@@H](C[C@@H](O)[C@@]21C)[C@@]1(C)CCC(=O)C[C@H]1C[C@@H]3O. The standard InChI is InChI=1S/C25H40O5/c1-14(5-8-22(29)30-4)17-6-7-18-23-19(13-21(28)25(17,18)3)24(2)10-9-16(26)11-15(24)12-20(23)27/h14-15,17-21,23,27-28H,5-13H2,1-4H3/t14-,15-,17-,18?,19+,20-,21+,23-,24-,25+/m0/s1. The molecule has 0 bridgehead atoms. The van der Waals surface area contributed by atoms with Crippen molar-refractivity contribution in [2.75, 3.05) is 7.11 Å². The molecule has 5 heteroatoms. The Hall–Kier alpha value is -0.940. The second kappa shape index (κ2) is 7.88. The minimum Gasteiger partial charge on any atom is -0.469 e. The fourth-order valence-electron chi connectivity index (χ4n) is 8.59. The summed E-state index contributed by atoms with van der Waals surface area (Å²) in [5.41, 5.74) is -0.167. The molecule has 4 aliphatic rings. The number of fused-ring (bicyclic) bond motifs is 5. The van der Waals surface area contributed by atoms with Crippen LogP contribution in [0.3, 0.4) is 0 Å². The fraction of sp³-hybridized carbons (Fsp3) is 0.920. The van der Waals surface area contributed by atoms with Crippen LogP contribution in [-0.4, -0.2) is 41.3 Å². The van der Waals surface area contributed by atoms with Gasteiger partial charge in [0.25, 0.3) is 0 Å². The predicted molar refractivity (Wildman–Crippen MR) is 113 cm³/mol. The monoisotopic (exact) mass is 420 g/mol. The van der Waals surface area contributed by atoms with Crippen LogP contribution >= 0.6 is 0 Å². The van der Waals surface area contributed by atoms with Crippen LogP contribution in [0.15, 0.2) is 0 Å². The quantitative estimate of drug-likeness (QED) is 0.677. The number of ether oxygens (including phenoxy) is 1. The van der Waals surface area contributed by atoms with Crippen LogP contribution in [0.4, 0.5) is 0 Å². The molecule has 0 amide bonds. The molecule has 170 valence electrons. The Labute approximate surface area is 180 Å². The summed E-state index contributed by atoms with van der Waals surface area (Å²) in [4.78, 5) is 23.8. The third kappa shape index (κ3) is 3.26. The zero-order valence-corrected chi connectivity index (χ0v) is 19.1. The van der Waals surface area contributed by atoms with Gasteiger partial charge in [-0.25, -0.2) is 0 Å². The number of hydrogen-bond acceptors (Lipinski definition) is 5. The maximum Gasteiger partial charge on any atom is 0.305 e. The number of aliphatic hydroxyl groups excluding tert-OH is 2. The van der Waals surface area contributed by atoms with E-state index in [9.17, 15) is 19.8 Å². The number of methoxy groups -OCH3 is 1. The second-order valence-electron chi connectivity index (χ2n) is 11.4. The maximum absolute atomic E-state index is 12.1. The molecule has 5 nitrogen and oxygen atoms in total. The summed E-state index contributed by atoms with van der Waals surface area (Å²) < 4.78 is 4.82. The lowest BCUT2D eigenvalue weighted by Crippen LogP contribution is -2.62. The Balaban J connectivity index is 1.58. The summed E-state index contributed by atoms with van der Waals surface area (Å²) in [7, 11) is 1.43. The molecule has 0 aromatic heterocycles. The zero-order valence-electron chi connectivity index (χ0n) is 19.1. The average Bonchev–Trinajstić information content (AvgIpc) is 3.06. The van der Waals surface area contributed by atoms with E-state index in [1.807, 2.05) is 0 Å². The Kier molecular flexibility index (Phi) is 5.85. The molecule has 0 heterocycles. The van der Waals surface area contributed by atoms with Crippen LogP contribution in [0.1, 0.15) is 78.6 Å². The number of ketones is 1. The van der Waals surface area contributed by atoms with Crippen LogP contribution < -0.4 is 0 Å². The number of rotatable bonds is 4. The van der Waals surface area contributed by atoms with Gasteiger partial charge >= 0.3 is 5.97 Å². The number of carbonyl (C=O) groups excluding carboxylic acids is 2. The highest BCUT2D eigenvalue weighted by atomic mass is 16.5. The van der Waals surface area contributed by atoms with E-state index in [1.165, 1.54) is 7.11 Å². The molecule has 4 aliphatic carbocycles. The van der Waals surface area contributed by atoms with Crippen molar-refractivity contribution >= 4 is 11.8 Å². The normalized spacial score (nSPS) is 49.0. The summed E-state index contributed by atoms with van der Waals surface area (Å²) >= 11 is 0. The molecule has 10 atom stereocenters. The van der Waals surface area contributed by atoms with Crippen LogP contribution in [-0.2, 0) is 14.3 Å². The lowest BCUT2D eigenvalue weighted by molar-refractivity contribution is -0.201. The molecule has 30 heavy (non-hydrogen) atoms. The molecule has 4 fully saturated rings. The van der Waals surface area contributed by atoms with E-state index in [1.54, 1.807) is 0 Å². The van der Waals surface area contributed by atoms with Crippen molar-refractivity contribution in [2.24, 2.45) is 46.3 Å². The van der Waals surface area contributed by atoms with E-state index in [4.69, 9.17) is 4.74 Å². The van der Waals surface area contributed by atoms with E-state index >= 15 is 0 Å². The molecule has 4 rings (SSSR count). The Morgan fingerprint density at radius 2 is 1.93 bits per heavy atom. The minimum atomic E-state index is -0.391. The van der Waals surface area contributed by atoms with Crippen LogP contribution in [0.5, 0.6) is 0 Å². The van der Waals surface area contributed by atoms with Crippen molar-refractivity contribution in [3.8, 4) is 0 Å². The number of hydrogen-bond donors (Lipinski definition) is 2. The summed E-state index contributed by atoms with van der Waals surface area (Å²) in [6.45, 7) is 6.78. The van der Waals surface area contributed by atoms with Gasteiger partial charge in [-0.05, 0) is 84.9 Å². The lowest BCUT2D eigenvalue weighted by Gasteiger charge is -2.63. The van der Waals surface area contributed by atoms with Gasteiger partial charge in [0.15, 0.2) is 0 Å². The predicted octanol–water partition coefficient (Wildman–Crippen LogP) is 3.75. The molecule has 1 unspecified atom stereocenters. The van der Waals surface area contributed by atoms with Crippen molar-refractivity contribution in [2.45, 2.75) is 90.8 Å². The number of carbonyl (C=O) groups is 2. The topological polar surface area (TPSA) is 83.8 Å². The first-order valence-electron chi connectivity index (χ1n) is 12.1. The maximum atomic E-state index is 12.1. The molecule has 0 spiro atoms. The van der Waals surface area contributed by atoms with Crippen molar-refractivity contribution in [3.05, 3.63) is 0 Å². The Morgan fingerprint density at radius 3 is 2.63 bits per heavy atom. The van der Waals surface area contributed by atoms with Crippen molar-refractivity contribution < 1.29 is 24.5 Å². The van der Waals surface area contributed by atoms with Crippen molar-refractivity contribution in [1.82, 2.24) is 0 Å². The van der Waals surface area contributed by atoms with Crippen LogP contribution in [0.2, 0.25) is 0 Å². The van der Waals surface area contributed by atoms with Gasteiger partial charge < -0.3 is 14.9 Å². The number of esters is 1. The molecule has 2 N–H and O–H groups in total. The lowest BCUT2D eigenvalue weighted by atomic mass is 9.43. The van der Waals surface area contributed by atoms with Gasteiger partial charge in [-0.1, -0.05) is 20.8 Å².